The molecule has 1 amide bonds. The number of hydrogen-bond donors (Lipinski definition) is 0. The molecule has 142 valence electrons. The summed E-state index contributed by atoms with van der Waals surface area (Å²) in [5.74, 6) is 0. The third-order valence-corrected chi connectivity index (χ3v) is 6.46. The Morgan fingerprint density at radius 2 is 2.00 bits per heavy atom. The number of ether oxygens (including phenoxy) is 2. The quantitative estimate of drug-likeness (QED) is 0.363. The standard InChI is InChI=1S/C17H30IN3O3Si/c1-17(2,3)24-16(22)20-8-7-14-13(11-20)19-15(18)21(14)12-23-9-10-25(4,5)6/h7-12H2,1-6H3. The van der Waals surface area contributed by atoms with E-state index in [1.807, 2.05) is 20.8 Å². The highest BCUT2D eigenvalue weighted by Crippen LogP contribution is 2.23. The summed E-state index contributed by atoms with van der Waals surface area (Å²) in [5, 5.41) is 0. The van der Waals surface area contributed by atoms with Crippen LogP contribution in [0.15, 0.2) is 0 Å². The van der Waals surface area contributed by atoms with E-state index in [4.69, 9.17) is 9.47 Å². The van der Waals surface area contributed by atoms with Crippen molar-refractivity contribution in [3.63, 3.8) is 0 Å². The third kappa shape index (κ3) is 6.25. The molecule has 0 saturated heterocycles. The molecule has 0 spiro atoms. The number of fused-ring (bicyclic) bond motifs is 1. The van der Waals surface area contributed by atoms with Crippen molar-refractivity contribution < 1.29 is 14.3 Å². The van der Waals surface area contributed by atoms with Crippen LogP contribution in [0.5, 0.6) is 0 Å². The molecule has 1 aromatic heterocycles. The van der Waals surface area contributed by atoms with Crippen molar-refractivity contribution >= 4 is 36.8 Å². The Morgan fingerprint density at radius 1 is 1.32 bits per heavy atom. The lowest BCUT2D eigenvalue weighted by Crippen LogP contribution is -2.40. The van der Waals surface area contributed by atoms with Crippen LogP contribution in [0.3, 0.4) is 0 Å². The third-order valence-electron chi connectivity index (χ3n) is 3.94. The van der Waals surface area contributed by atoms with Crippen molar-refractivity contribution in [3.05, 3.63) is 15.2 Å². The molecule has 1 aliphatic heterocycles. The van der Waals surface area contributed by atoms with E-state index in [2.05, 4.69) is 51.8 Å². The van der Waals surface area contributed by atoms with Gasteiger partial charge in [-0.3, -0.25) is 4.57 Å². The van der Waals surface area contributed by atoms with Gasteiger partial charge >= 0.3 is 6.09 Å². The van der Waals surface area contributed by atoms with Crippen molar-refractivity contribution in [1.29, 1.82) is 0 Å². The number of hydrogen-bond acceptors (Lipinski definition) is 4. The van der Waals surface area contributed by atoms with Crippen LogP contribution in [0.4, 0.5) is 4.79 Å². The van der Waals surface area contributed by atoms with Gasteiger partial charge in [-0.15, -0.1) is 0 Å². The van der Waals surface area contributed by atoms with Gasteiger partial charge in [-0.2, -0.15) is 0 Å². The summed E-state index contributed by atoms with van der Waals surface area (Å²) in [6.07, 6.45) is 0.510. The first-order valence-electron chi connectivity index (χ1n) is 8.76. The van der Waals surface area contributed by atoms with Gasteiger partial charge in [0.1, 0.15) is 12.3 Å². The molecule has 0 radical (unpaired) electrons. The first-order chi connectivity index (χ1) is 11.5. The summed E-state index contributed by atoms with van der Waals surface area (Å²) in [5.41, 5.74) is 1.66. The number of halogens is 1. The monoisotopic (exact) mass is 479 g/mol. The maximum atomic E-state index is 12.3. The second-order valence-electron chi connectivity index (χ2n) is 8.70. The molecule has 8 heteroatoms. The Kier molecular flexibility index (Phi) is 6.58. The Bertz CT molecular complexity index is 620. The number of nitrogens with zero attached hydrogens (tertiary/aromatic N) is 3. The van der Waals surface area contributed by atoms with Crippen LogP contribution < -0.4 is 0 Å². The molecule has 1 aliphatic rings. The molecule has 0 N–H and O–H groups in total. The topological polar surface area (TPSA) is 56.6 Å². The van der Waals surface area contributed by atoms with Gasteiger partial charge in [-0.25, -0.2) is 9.78 Å². The minimum Gasteiger partial charge on any atom is -0.444 e. The highest BCUT2D eigenvalue weighted by atomic mass is 127. The second kappa shape index (κ2) is 7.95. The number of carbonyl (C=O) groups is 1. The summed E-state index contributed by atoms with van der Waals surface area (Å²) in [7, 11) is -1.07. The van der Waals surface area contributed by atoms with Crippen molar-refractivity contribution in [2.45, 2.75) is 71.8 Å². The molecule has 0 unspecified atom stereocenters. The van der Waals surface area contributed by atoms with E-state index < -0.39 is 13.7 Å². The predicted molar refractivity (Wildman–Crippen MR) is 109 cm³/mol. The summed E-state index contributed by atoms with van der Waals surface area (Å²) < 4.78 is 14.4. The zero-order chi connectivity index (χ0) is 18.8. The molecular weight excluding hydrogens is 449 g/mol. The molecule has 0 atom stereocenters. The van der Waals surface area contributed by atoms with E-state index in [1.165, 1.54) is 5.69 Å². The molecule has 2 rings (SSSR count). The maximum absolute atomic E-state index is 12.3. The van der Waals surface area contributed by atoms with Crippen LogP contribution >= 0.6 is 22.6 Å². The van der Waals surface area contributed by atoms with Gasteiger partial charge in [-0.05, 0) is 26.8 Å². The molecule has 6 nitrogen and oxygen atoms in total. The Hall–Kier alpha value is -0.613. The van der Waals surface area contributed by atoms with Crippen LogP contribution in [0.1, 0.15) is 32.2 Å². The average molecular weight is 479 g/mol. The molecule has 25 heavy (non-hydrogen) atoms. The zero-order valence-corrected chi connectivity index (χ0v) is 19.3. The van der Waals surface area contributed by atoms with Crippen LogP contribution in [0.2, 0.25) is 25.7 Å². The van der Waals surface area contributed by atoms with E-state index in [0.717, 1.165) is 28.6 Å². The predicted octanol–water partition coefficient (Wildman–Crippen LogP) is 4.09. The van der Waals surface area contributed by atoms with Crippen molar-refractivity contribution in [3.8, 4) is 0 Å². The minimum absolute atomic E-state index is 0.269. The number of rotatable bonds is 5. The van der Waals surface area contributed by atoms with Crippen molar-refractivity contribution in [1.82, 2.24) is 14.5 Å². The van der Waals surface area contributed by atoms with Crippen LogP contribution in [0, 0.1) is 3.83 Å². The van der Waals surface area contributed by atoms with E-state index in [0.29, 0.717) is 19.8 Å². The fraction of sp³-hybridized carbons (Fsp3) is 0.765. The Labute approximate surface area is 165 Å². The minimum atomic E-state index is -1.07. The largest absolute Gasteiger partial charge is 0.444 e. The molecule has 1 aromatic rings. The Morgan fingerprint density at radius 3 is 2.60 bits per heavy atom. The van der Waals surface area contributed by atoms with Crippen LogP contribution in [0.25, 0.3) is 0 Å². The zero-order valence-electron chi connectivity index (χ0n) is 16.2. The SMILES string of the molecule is CC(C)(C)OC(=O)N1CCc2c(nc(I)n2COCC[Si](C)(C)C)C1. The summed E-state index contributed by atoms with van der Waals surface area (Å²) in [6, 6.07) is 1.16. The summed E-state index contributed by atoms with van der Waals surface area (Å²) in [6.45, 7) is 15.2. The fourth-order valence-electron chi connectivity index (χ4n) is 2.56. The van der Waals surface area contributed by atoms with Gasteiger partial charge in [0.25, 0.3) is 0 Å². The molecule has 0 saturated carbocycles. The lowest BCUT2D eigenvalue weighted by molar-refractivity contribution is 0.0217. The van der Waals surface area contributed by atoms with E-state index in [-0.39, 0.29) is 6.09 Å². The van der Waals surface area contributed by atoms with Gasteiger partial charge in [-0.1, -0.05) is 19.6 Å². The smallest absolute Gasteiger partial charge is 0.410 e. The van der Waals surface area contributed by atoms with Crippen molar-refractivity contribution in [2.75, 3.05) is 13.2 Å². The van der Waals surface area contributed by atoms with Gasteiger partial charge < -0.3 is 14.4 Å². The van der Waals surface area contributed by atoms with E-state index in [1.54, 1.807) is 4.90 Å². The molecule has 0 bridgehead atoms. The lowest BCUT2D eigenvalue weighted by Gasteiger charge is -2.30. The molecule has 0 aromatic carbocycles. The highest BCUT2D eigenvalue weighted by Gasteiger charge is 2.29. The molecule has 2 heterocycles. The van der Waals surface area contributed by atoms with E-state index >= 15 is 0 Å². The van der Waals surface area contributed by atoms with Crippen LogP contribution in [-0.4, -0.2) is 47.4 Å². The van der Waals surface area contributed by atoms with Crippen molar-refractivity contribution in [2.24, 2.45) is 0 Å². The first kappa shape index (κ1) is 20.7. The number of amides is 1. The summed E-state index contributed by atoms with van der Waals surface area (Å²) >= 11 is 2.24. The maximum Gasteiger partial charge on any atom is 0.410 e. The second-order valence-corrected chi connectivity index (χ2v) is 15.3. The van der Waals surface area contributed by atoms with Crippen LogP contribution in [-0.2, 0) is 29.2 Å². The highest BCUT2D eigenvalue weighted by molar-refractivity contribution is 14.1. The summed E-state index contributed by atoms with van der Waals surface area (Å²) in [4.78, 5) is 18.6. The molecule has 0 fully saturated rings. The average Bonchev–Trinajstić information content (AvgIpc) is 2.75. The van der Waals surface area contributed by atoms with Gasteiger partial charge in [0.15, 0.2) is 3.83 Å². The van der Waals surface area contributed by atoms with Gasteiger partial charge in [0.05, 0.1) is 12.2 Å². The van der Waals surface area contributed by atoms with Gasteiger partial charge in [0, 0.05) is 55.9 Å². The Balaban J connectivity index is 1.97. The molecule has 0 aliphatic carbocycles. The normalized spacial score (nSPS) is 15.2. The molecular formula is C17H30IN3O3Si. The van der Waals surface area contributed by atoms with Gasteiger partial charge in [0.2, 0.25) is 0 Å². The number of aromatic nitrogens is 2. The number of carbonyl (C=O) groups excluding carboxylic acids is 1. The fourth-order valence-corrected chi connectivity index (χ4v) is 4.04. The lowest BCUT2D eigenvalue weighted by atomic mass is 10.1. The number of imidazole rings is 1. The first-order valence-corrected chi connectivity index (χ1v) is 13.5. The van der Waals surface area contributed by atoms with E-state index in [9.17, 15) is 4.79 Å².